The molecule has 6 atom stereocenters. The van der Waals surface area contributed by atoms with Gasteiger partial charge in [0.05, 0.1) is 31.7 Å². The Kier molecular flexibility index (Phi) is 3.50. The van der Waals surface area contributed by atoms with Crippen molar-refractivity contribution in [2.45, 2.75) is 56.0 Å². The van der Waals surface area contributed by atoms with Crippen molar-refractivity contribution in [1.29, 1.82) is 0 Å². The van der Waals surface area contributed by atoms with Crippen LogP contribution in [0.2, 0.25) is 0 Å². The van der Waals surface area contributed by atoms with Gasteiger partial charge < -0.3 is 24.9 Å². The van der Waals surface area contributed by atoms with Gasteiger partial charge in [0.1, 0.15) is 23.5 Å². The zero-order chi connectivity index (χ0) is 19.2. The number of aliphatic hydroxyl groups excluding tert-OH is 3. The molecule has 4 aliphatic carbocycles. The SMILES string of the molecule is C=C1CC[C@@]2(O)[C@H]3C=C4C=CC(O)C(O)=C4[C@@]2(CC[N+]3(C)CC2CC2)C1O. The molecule has 5 rings (SSSR count). The second-order valence-corrected chi connectivity index (χ2v) is 9.67. The summed E-state index contributed by atoms with van der Waals surface area (Å²) in [5, 5.41) is 44.5. The van der Waals surface area contributed by atoms with Gasteiger partial charge in [-0.15, -0.1) is 0 Å². The van der Waals surface area contributed by atoms with E-state index in [1.807, 2.05) is 6.08 Å². The summed E-state index contributed by atoms with van der Waals surface area (Å²) in [6.07, 6.45) is 7.69. The Balaban J connectivity index is 1.75. The van der Waals surface area contributed by atoms with Crippen LogP contribution in [0.25, 0.3) is 0 Å². The standard InChI is InChI=1S/C22H29NO4/c1-13-7-8-22(27)17-11-15-5-6-16(24)19(25)18(15)21(22,20(13)26)9-10-23(17,2)12-14-3-4-14/h5-6,11,14,16-17,20,24,26-27H,1,3-4,7-10,12H2,2H3/p+1/t16?,17-,20?,21+,22-,23?/m1/s1. The van der Waals surface area contributed by atoms with Crippen molar-refractivity contribution in [3.63, 3.8) is 0 Å². The molecule has 0 spiro atoms. The molecule has 5 aliphatic rings. The van der Waals surface area contributed by atoms with Crippen molar-refractivity contribution in [2.24, 2.45) is 11.3 Å². The molecule has 1 aliphatic heterocycles. The molecule has 5 nitrogen and oxygen atoms in total. The molecular weight excluding hydrogens is 342 g/mol. The summed E-state index contributed by atoms with van der Waals surface area (Å²) in [7, 11) is 2.23. The van der Waals surface area contributed by atoms with Gasteiger partial charge in [0, 0.05) is 17.9 Å². The molecule has 0 amide bonds. The van der Waals surface area contributed by atoms with E-state index in [1.54, 1.807) is 6.08 Å². The summed E-state index contributed by atoms with van der Waals surface area (Å²) >= 11 is 0. The van der Waals surface area contributed by atoms with E-state index in [0.29, 0.717) is 30.4 Å². The summed E-state index contributed by atoms with van der Waals surface area (Å²) in [5.41, 5.74) is -0.0906. The quantitative estimate of drug-likeness (QED) is 0.440. The van der Waals surface area contributed by atoms with E-state index in [9.17, 15) is 20.4 Å². The molecule has 4 N–H and O–H groups in total. The summed E-state index contributed by atoms with van der Waals surface area (Å²) in [6, 6.07) is -0.138. The van der Waals surface area contributed by atoms with E-state index < -0.39 is 23.2 Å². The van der Waals surface area contributed by atoms with Crippen molar-refractivity contribution < 1.29 is 24.9 Å². The molecule has 1 heterocycles. The van der Waals surface area contributed by atoms with Gasteiger partial charge in [-0.1, -0.05) is 12.7 Å². The topological polar surface area (TPSA) is 80.9 Å². The van der Waals surface area contributed by atoms with Gasteiger partial charge >= 0.3 is 0 Å². The number of aliphatic hydroxyl groups is 4. The first-order chi connectivity index (χ1) is 12.7. The van der Waals surface area contributed by atoms with E-state index in [4.69, 9.17) is 0 Å². The molecular formula is C22H30NO4+. The van der Waals surface area contributed by atoms with Crippen molar-refractivity contribution in [2.75, 3.05) is 20.1 Å². The van der Waals surface area contributed by atoms with Crippen LogP contribution < -0.4 is 0 Å². The first-order valence-electron chi connectivity index (χ1n) is 10.2. The molecule has 2 saturated carbocycles. The van der Waals surface area contributed by atoms with E-state index >= 15 is 0 Å². The van der Waals surface area contributed by atoms with Crippen LogP contribution in [-0.2, 0) is 0 Å². The Labute approximate surface area is 160 Å². The summed E-state index contributed by atoms with van der Waals surface area (Å²) in [6.45, 7) is 5.94. The molecule has 146 valence electrons. The van der Waals surface area contributed by atoms with Crippen LogP contribution in [-0.4, -0.2) is 68.9 Å². The lowest BCUT2D eigenvalue weighted by Gasteiger charge is -2.66. The minimum atomic E-state index is -1.16. The van der Waals surface area contributed by atoms with E-state index in [1.165, 1.54) is 12.8 Å². The maximum Gasteiger partial charge on any atom is 0.138 e. The molecule has 2 bridgehead atoms. The number of hydrogen-bond acceptors (Lipinski definition) is 4. The van der Waals surface area contributed by atoms with Crippen LogP contribution in [0.15, 0.2) is 47.3 Å². The second-order valence-electron chi connectivity index (χ2n) is 9.67. The maximum absolute atomic E-state index is 12.1. The van der Waals surface area contributed by atoms with Crippen molar-refractivity contribution in [3.05, 3.63) is 47.3 Å². The molecule has 0 radical (unpaired) electrons. The zero-order valence-corrected chi connectivity index (χ0v) is 15.9. The smallest absolute Gasteiger partial charge is 0.138 e. The predicted molar refractivity (Wildman–Crippen MR) is 102 cm³/mol. The highest BCUT2D eigenvalue weighted by Crippen LogP contribution is 2.64. The lowest BCUT2D eigenvalue weighted by atomic mass is 9.47. The molecule has 3 fully saturated rings. The fourth-order valence-electron chi connectivity index (χ4n) is 6.50. The number of quaternary nitrogens is 1. The Morgan fingerprint density at radius 3 is 2.70 bits per heavy atom. The number of nitrogens with zero attached hydrogens (tertiary/aromatic N) is 1. The van der Waals surface area contributed by atoms with Gasteiger partial charge in [-0.05, 0) is 49.0 Å². The third kappa shape index (κ3) is 2.09. The second kappa shape index (κ2) is 5.35. The number of likely N-dealkylation sites (tertiary alicyclic amines) is 1. The normalized spacial score (nSPS) is 48.8. The first kappa shape index (κ1) is 17.7. The van der Waals surface area contributed by atoms with Gasteiger partial charge in [0.2, 0.25) is 0 Å². The van der Waals surface area contributed by atoms with Crippen LogP contribution in [0.4, 0.5) is 0 Å². The van der Waals surface area contributed by atoms with Crippen LogP contribution in [0.1, 0.15) is 32.1 Å². The van der Waals surface area contributed by atoms with E-state index in [-0.39, 0.29) is 11.8 Å². The third-order valence-corrected chi connectivity index (χ3v) is 8.07. The van der Waals surface area contributed by atoms with Gasteiger partial charge in [0.15, 0.2) is 0 Å². The minimum absolute atomic E-state index is 0.132. The van der Waals surface area contributed by atoms with Crippen molar-refractivity contribution in [3.8, 4) is 0 Å². The van der Waals surface area contributed by atoms with Crippen LogP contribution in [0.5, 0.6) is 0 Å². The summed E-state index contributed by atoms with van der Waals surface area (Å²) < 4.78 is 0.774. The maximum atomic E-state index is 12.1. The predicted octanol–water partition coefficient (Wildman–Crippen LogP) is 1.73. The fourth-order valence-corrected chi connectivity index (χ4v) is 6.50. The number of hydrogen-bond donors (Lipinski definition) is 4. The van der Waals surface area contributed by atoms with Crippen LogP contribution in [0, 0.1) is 11.3 Å². The first-order valence-corrected chi connectivity index (χ1v) is 10.2. The van der Waals surface area contributed by atoms with Gasteiger partial charge in [0.25, 0.3) is 0 Å². The van der Waals surface area contributed by atoms with E-state index in [2.05, 4.69) is 19.7 Å². The average Bonchev–Trinajstić information content (AvgIpc) is 3.43. The number of piperidine rings is 1. The summed E-state index contributed by atoms with van der Waals surface area (Å²) in [5.74, 6) is 0.592. The highest BCUT2D eigenvalue weighted by molar-refractivity contribution is 5.58. The molecule has 3 unspecified atom stereocenters. The summed E-state index contributed by atoms with van der Waals surface area (Å²) in [4.78, 5) is 0. The van der Waals surface area contributed by atoms with Crippen LogP contribution >= 0.6 is 0 Å². The molecule has 27 heavy (non-hydrogen) atoms. The Morgan fingerprint density at radius 2 is 2.00 bits per heavy atom. The number of rotatable bonds is 2. The monoisotopic (exact) mass is 372 g/mol. The highest BCUT2D eigenvalue weighted by Gasteiger charge is 2.72. The molecule has 0 aromatic heterocycles. The lowest BCUT2D eigenvalue weighted by Crippen LogP contribution is -2.78. The van der Waals surface area contributed by atoms with Gasteiger partial charge in [-0.25, -0.2) is 0 Å². The van der Waals surface area contributed by atoms with Crippen molar-refractivity contribution >= 4 is 0 Å². The van der Waals surface area contributed by atoms with Crippen LogP contribution in [0.3, 0.4) is 0 Å². The van der Waals surface area contributed by atoms with Crippen molar-refractivity contribution in [1.82, 2.24) is 0 Å². The van der Waals surface area contributed by atoms with E-state index in [0.717, 1.165) is 29.1 Å². The highest BCUT2D eigenvalue weighted by atomic mass is 16.3. The molecule has 5 heteroatoms. The number of allylic oxidation sites excluding steroid dienone is 2. The lowest BCUT2D eigenvalue weighted by molar-refractivity contribution is -0.945. The molecule has 0 aromatic carbocycles. The number of fused-ring (bicyclic) bond motifs is 1. The Bertz CT molecular complexity index is 809. The number of likely N-dealkylation sites (N-methyl/N-ethyl adjacent to an activating group) is 1. The zero-order valence-electron chi connectivity index (χ0n) is 15.9. The Hall–Kier alpha value is -1.40. The minimum Gasteiger partial charge on any atom is -0.509 e. The molecule has 1 saturated heterocycles. The molecule has 0 aromatic rings. The fraction of sp³-hybridized carbons (Fsp3) is 0.636. The van der Waals surface area contributed by atoms with Gasteiger partial charge in [-0.2, -0.15) is 0 Å². The average molecular weight is 372 g/mol. The Morgan fingerprint density at radius 1 is 1.26 bits per heavy atom. The van der Waals surface area contributed by atoms with Gasteiger partial charge in [-0.3, -0.25) is 0 Å². The largest absolute Gasteiger partial charge is 0.509 e. The third-order valence-electron chi connectivity index (χ3n) is 8.07.